The summed E-state index contributed by atoms with van der Waals surface area (Å²) in [5.41, 5.74) is 1.48. The number of thioether (sulfide) groups is 1. The number of phenolic OH excluding ortho intramolecular Hbond substituents is 1. The van der Waals surface area contributed by atoms with E-state index >= 15 is 0 Å². The van der Waals surface area contributed by atoms with Gasteiger partial charge < -0.3 is 10.4 Å². The summed E-state index contributed by atoms with van der Waals surface area (Å²) in [5, 5.41) is 22.7. The number of phenols is 1. The van der Waals surface area contributed by atoms with Gasteiger partial charge in [0.25, 0.3) is 0 Å². The molecule has 2 N–H and O–H groups in total. The summed E-state index contributed by atoms with van der Waals surface area (Å²) in [4.78, 5) is 12.4. The fraction of sp³-hybridized carbons (Fsp3) is 0.318. The van der Waals surface area contributed by atoms with Crippen molar-refractivity contribution in [1.29, 1.82) is 0 Å². The van der Waals surface area contributed by atoms with Crippen LogP contribution in [0.25, 0.3) is 17.1 Å². The second kappa shape index (κ2) is 9.13. The summed E-state index contributed by atoms with van der Waals surface area (Å²) in [6.45, 7) is 0. The summed E-state index contributed by atoms with van der Waals surface area (Å²) in [6.07, 6.45) is 5.76. The molecule has 7 heteroatoms. The van der Waals surface area contributed by atoms with Gasteiger partial charge in [0.05, 0.1) is 11.3 Å². The van der Waals surface area contributed by atoms with Crippen molar-refractivity contribution in [3.8, 4) is 22.8 Å². The standard InChI is InChI=1S/C22H24N4O2S/c27-19-14-8-7-13-18(19)21-24-25-22(26(21)17-11-5-2-6-12-17)29-15-20(28)23-16-9-3-1-4-10-16/h2,5-8,11-14,16,27H,1,3-4,9-10,15H2,(H,23,28). The molecule has 4 rings (SSSR count). The number of aromatic nitrogens is 3. The molecule has 29 heavy (non-hydrogen) atoms. The Morgan fingerprint density at radius 1 is 1.03 bits per heavy atom. The van der Waals surface area contributed by atoms with Crippen LogP contribution in [0, 0.1) is 0 Å². The van der Waals surface area contributed by atoms with E-state index in [0.717, 1.165) is 18.5 Å². The largest absolute Gasteiger partial charge is 0.507 e. The second-order valence-electron chi connectivity index (χ2n) is 7.19. The molecule has 0 atom stereocenters. The number of aromatic hydroxyl groups is 1. The smallest absolute Gasteiger partial charge is 0.230 e. The first kappa shape index (κ1) is 19.5. The van der Waals surface area contributed by atoms with Crippen LogP contribution in [0.3, 0.4) is 0 Å². The van der Waals surface area contributed by atoms with Gasteiger partial charge in [0, 0.05) is 11.7 Å². The van der Waals surface area contributed by atoms with Crippen molar-refractivity contribution in [3.63, 3.8) is 0 Å². The summed E-state index contributed by atoms with van der Waals surface area (Å²) >= 11 is 1.36. The molecule has 6 nitrogen and oxygen atoms in total. The van der Waals surface area contributed by atoms with Crippen LogP contribution >= 0.6 is 11.8 Å². The number of rotatable bonds is 6. The fourth-order valence-electron chi connectivity index (χ4n) is 3.66. The zero-order valence-corrected chi connectivity index (χ0v) is 16.9. The molecule has 1 amide bonds. The molecular weight excluding hydrogens is 384 g/mol. The number of hydrogen-bond acceptors (Lipinski definition) is 5. The van der Waals surface area contributed by atoms with Gasteiger partial charge in [0.1, 0.15) is 5.75 Å². The number of benzene rings is 2. The molecule has 0 aliphatic heterocycles. The predicted molar refractivity (Wildman–Crippen MR) is 114 cm³/mol. The van der Waals surface area contributed by atoms with Crippen LogP contribution in [0.15, 0.2) is 59.8 Å². The number of hydrogen-bond donors (Lipinski definition) is 2. The van der Waals surface area contributed by atoms with Gasteiger partial charge in [0.2, 0.25) is 5.91 Å². The summed E-state index contributed by atoms with van der Waals surface area (Å²) in [7, 11) is 0. The third-order valence-corrected chi connectivity index (χ3v) is 6.02. The second-order valence-corrected chi connectivity index (χ2v) is 8.13. The van der Waals surface area contributed by atoms with Crippen molar-refractivity contribution in [2.75, 3.05) is 5.75 Å². The third-order valence-electron chi connectivity index (χ3n) is 5.10. The van der Waals surface area contributed by atoms with Gasteiger partial charge in [-0.1, -0.05) is 61.4 Å². The number of carbonyl (C=O) groups excluding carboxylic acids is 1. The van der Waals surface area contributed by atoms with Crippen LogP contribution in [0.5, 0.6) is 5.75 Å². The van der Waals surface area contributed by atoms with E-state index < -0.39 is 0 Å². The molecule has 1 aliphatic rings. The number of nitrogens with zero attached hydrogens (tertiary/aromatic N) is 3. The lowest BCUT2D eigenvalue weighted by Crippen LogP contribution is -2.37. The average Bonchev–Trinajstić information content (AvgIpc) is 3.18. The van der Waals surface area contributed by atoms with E-state index in [-0.39, 0.29) is 17.4 Å². The average molecular weight is 409 g/mol. The molecule has 1 fully saturated rings. The van der Waals surface area contributed by atoms with Crippen molar-refractivity contribution in [2.45, 2.75) is 43.3 Å². The Balaban J connectivity index is 1.57. The summed E-state index contributed by atoms with van der Waals surface area (Å²) in [5.74, 6) is 0.990. The van der Waals surface area contributed by atoms with E-state index in [1.54, 1.807) is 12.1 Å². The van der Waals surface area contributed by atoms with E-state index in [2.05, 4.69) is 15.5 Å². The molecule has 0 radical (unpaired) electrons. The van der Waals surface area contributed by atoms with Crippen LogP contribution in [-0.4, -0.2) is 37.6 Å². The number of carbonyl (C=O) groups is 1. The highest BCUT2D eigenvalue weighted by Crippen LogP contribution is 2.32. The van der Waals surface area contributed by atoms with E-state index in [9.17, 15) is 9.90 Å². The van der Waals surface area contributed by atoms with Crippen molar-refractivity contribution >= 4 is 17.7 Å². The van der Waals surface area contributed by atoms with Crippen LogP contribution in [-0.2, 0) is 4.79 Å². The molecule has 150 valence electrons. The van der Waals surface area contributed by atoms with Crippen molar-refractivity contribution in [2.24, 2.45) is 0 Å². The lowest BCUT2D eigenvalue weighted by molar-refractivity contribution is -0.119. The van der Waals surface area contributed by atoms with E-state index in [4.69, 9.17) is 0 Å². The topological polar surface area (TPSA) is 80.0 Å². The molecule has 1 aromatic heterocycles. The van der Waals surface area contributed by atoms with Gasteiger partial charge in [0.15, 0.2) is 11.0 Å². The minimum Gasteiger partial charge on any atom is -0.507 e. The molecule has 3 aromatic rings. The Morgan fingerprint density at radius 2 is 1.76 bits per heavy atom. The van der Waals surface area contributed by atoms with Crippen molar-refractivity contribution < 1.29 is 9.90 Å². The Kier molecular flexibility index (Phi) is 6.14. The van der Waals surface area contributed by atoms with Gasteiger partial charge in [-0.3, -0.25) is 9.36 Å². The quantitative estimate of drug-likeness (QED) is 0.598. The highest BCUT2D eigenvalue weighted by Gasteiger charge is 2.20. The van der Waals surface area contributed by atoms with Crippen LogP contribution < -0.4 is 5.32 Å². The van der Waals surface area contributed by atoms with Gasteiger partial charge in [-0.05, 0) is 37.1 Å². The van der Waals surface area contributed by atoms with E-state index in [0.29, 0.717) is 22.6 Å². The van der Waals surface area contributed by atoms with Gasteiger partial charge in [-0.2, -0.15) is 0 Å². The molecule has 0 bridgehead atoms. The maximum atomic E-state index is 12.4. The van der Waals surface area contributed by atoms with Crippen LogP contribution in [0.1, 0.15) is 32.1 Å². The van der Waals surface area contributed by atoms with Crippen molar-refractivity contribution in [1.82, 2.24) is 20.1 Å². The van der Waals surface area contributed by atoms with Gasteiger partial charge in [-0.15, -0.1) is 10.2 Å². The van der Waals surface area contributed by atoms with Gasteiger partial charge >= 0.3 is 0 Å². The fourth-order valence-corrected chi connectivity index (χ4v) is 4.42. The van der Waals surface area contributed by atoms with Crippen LogP contribution in [0.2, 0.25) is 0 Å². The highest BCUT2D eigenvalue weighted by atomic mass is 32.2. The lowest BCUT2D eigenvalue weighted by Gasteiger charge is -2.22. The maximum Gasteiger partial charge on any atom is 0.230 e. The Hall–Kier alpha value is -2.80. The predicted octanol–water partition coefficient (Wildman–Crippen LogP) is 4.18. The summed E-state index contributed by atoms with van der Waals surface area (Å²) in [6, 6.07) is 17.1. The first-order valence-electron chi connectivity index (χ1n) is 9.94. The highest BCUT2D eigenvalue weighted by molar-refractivity contribution is 7.99. The van der Waals surface area contributed by atoms with E-state index in [1.165, 1.54) is 31.0 Å². The maximum absolute atomic E-state index is 12.4. The number of para-hydroxylation sites is 2. The molecule has 0 saturated heterocycles. The number of nitrogens with one attached hydrogen (secondary N) is 1. The number of amides is 1. The van der Waals surface area contributed by atoms with Gasteiger partial charge in [-0.25, -0.2) is 0 Å². The Labute approximate surface area is 174 Å². The lowest BCUT2D eigenvalue weighted by atomic mass is 9.95. The first-order chi connectivity index (χ1) is 14.2. The minimum absolute atomic E-state index is 0.0219. The molecule has 0 spiro atoms. The van der Waals surface area contributed by atoms with Crippen LogP contribution in [0.4, 0.5) is 0 Å². The monoisotopic (exact) mass is 408 g/mol. The first-order valence-corrected chi connectivity index (χ1v) is 10.9. The minimum atomic E-state index is 0.0219. The summed E-state index contributed by atoms with van der Waals surface area (Å²) < 4.78 is 1.88. The molecule has 1 saturated carbocycles. The third kappa shape index (κ3) is 4.62. The zero-order valence-electron chi connectivity index (χ0n) is 16.1. The van der Waals surface area contributed by atoms with E-state index in [1.807, 2.05) is 47.0 Å². The molecular formula is C22H24N4O2S. The molecule has 2 aromatic carbocycles. The molecule has 1 aliphatic carbocycles. The zero-order chi connectivity index (χ0) is 20.1. The SMILES string of the molecule is O=C(CSc1nnc(-c2ccccc2O)n1-c1ccccc1)NC1CCCCC1. The Morgan fingerprint density at radius 3 is 2.52 bits per heavy atom. The molecule has 0 unspecified atom stereocenters. The Bertz CT molecular complexity index is 968. The van der Waals surface area contributed by atoms with Crippen molar-refractivity contribution in [3.05, 3.63) is 54.6 Å². The molecule has 1 heterocycles. The normalized spacial score (nSPS) is 14.6.